The lowest BCUT2D eigenvalue weighted by Crippen LogP contribution is -2.36. The Morgan fingerprint density at radius 1 is 1.39 bits per heavy atom. The lowest BCUT2D eigenvalue weighted by Gasteiger charge is -2.12. The molecule has 0 saturated carbocycles. The van der Waals surface area contributed by atoms with E-state index in [0.717, 1.165) is 21.3 Å². The van der Waals surface area contributed by atoms with Crippen LogP contribution < -0.4 is 16.6 Å². The number of guanidine groups is 1. The van der Waals surface area contributed by atoms with Crippen molar-refractivity contribution in [1.82, 2.24) is 5.43 Å². The van der Waals surface area contributed by atoms with Crippen LogP contribution in [0, 0.1) is 13.8 Å². The van der Waals surface area contributed by atoms with Gasteiger partial charge in [0.25, 0.3) is 0 Å². The Balaban J connectivity index is 2.79. The van der Waals surface area contributed by atoms with Gasteiger partial charge in [-0.2, -0.15) is 0 Å². The SMILES string of the molecule is COCCN=C(NN)Nc1cc(C)c(Br)c(C)c1. The summed E-state index contributed by atoms with van der Waals surface area (Å²) in [5.74, 6) is 5.94. The number of ether oxygens (including phenoxy) is 1. The summed E-state index contributed by atoms with van der Waals surface area (Å²) in [5.41, 5.74) is 5.80. The minimum absolute atomic E-state index is 0.521. The maximum atomic E-state index is 5.42. The average molecular weight is 315 g/mol. The van der Waals surface area contributed by atoms with Crippen LogP contribution >= 0.6 is 15.9 Å². The maximum absolute atomic E-state index is 5.42. The van der Waals surface area contributed by atoms with Crippen LogP contribution in [-0.2, 0) is 4.74 Å². The molecular formula is C12H19BrN4O. The summed E-state index contributed by atoms with van der Waals surface area (Å²) in [4.78, 5) is 4.24. The van der Waals surface area contributed by atoms with Crippen LogP contribution in [0.5, 0.6) is 0 Å². The fourth-order valence-corrected chi connectivity index (χ4v) is 1.75. The van der Waals surface area contributed by atoms with Crippen LogP contribution in [0.1, 0.15) is 11.1 Å². The minimum atomic E-state index is 0.521. The van der Waals surface area contributed by atoms with Crippen LogP contribution in [0.4, 0.5) is 5.69 Å². The van der Waals surface area contributed by atoms with Gasteiger partial charge in [-0.1, -0.05) is 15.9 Å². The first-order valence-corrected chi connectivity index (χ1v) is 6.41. The van der Waals surface area contributed by atoms with Gasteiger partial charge in [-0.05, 0) is 37.1 Å². The second-order valence-corrected chi connectivity index (χ2v) is 4.71. The molecule has 0 unspecified atom stereocenters. The largest absolute Gasteiger partial charge is 0.383 e. The number of anilines is 1. The number of aliphatic imine (C=N–C) groups is 1. The van der Waals surface area contributed by atoms with E-state index in [0.29, 0.717) is 19.1 Å². The van der Waals surface area contributed by atoms with Gasteiger partial charge in [0.05, 0.1) is 13.2 Å². The zero-order valence-electron chi connectivity index (χ0n) is 10.9. The quantitative estimate of drug-likeness (QED) is 0.261. The number of hydrazine groups is 1. The van der Waals surface area contributed by atoms with Crippen LogP contribution in [0.15, 0.2) is 21.6 Å². The molecule has 0 aliphatic heterocycles. The van der Waals surface area contributed by atoms with Crippen molar-refractivity contribution < 1.29 is 4.74 Å². The number of methoxy groups -OCH3 is 1. The van der Waals surface area contributed by atoms with Crippen LogP contribution in [-0.4, -0.2) is 26.2 Å². The number of benzene rings is 1. The molecule has 100 valence electrons. The summed E-state index contributed by atoms with van der Waals surface area (Å²) >= 11 is 3.53. The topological polar surface area (TPSA) is 71.7 Å². The molecule has 0 bridgehead atoms. The Kier molecular flexibility index (Phi) is 6.11. The highest BCUT2D eigenvalue weighted by molar-refractivity contribution is 9.10. The molecule has 5 nitrogen and oxygen atoms in total. The molecule has 0 radical (unpaired) electrons. The Labute approximate surface area is 116 Å². The van der Waals surface area contributed by atoms with Crippen molar-refractivity contribution in [2.24, 2.45) is 10.8 Å². The number of hydrogen-bond acceptors (Lipinski definition) is 3. The summed E-state index contributed by atoms with van der Waals surface area (Å²) in [5, 5.41) is 3.13. The van der Waals surface area contributed by atoms with E-state index in [2.05, 4.69) is 31.7 Å². The standard InChI is InChI=1S/C12H19BrN4O/c1-8-6-10(7-9(2)11(8)13)16-12(17-14)15-4-5-18-3/h6-7H,4-5,14H2,1-3H3,(H2,15,16,17). The van der Waals surface area contributed by atoms with Crippen molar-refractivity contribution in [2.75, 3.05) is 25.6 Å². The average Bonchev–Trinajstić information content (AvgIpc) is 2.34. The number of nitrogens with two attached hydrogens (primary N) is 1. The lowest BCUT2D eigenvalue weighted by atomic mass is 10.1. The van der Waals surface area contributed by atoms with E-state index in [1.807, 2.05) is 26.0 Å². The summed E-state index contributed by atoms with van der Waals surface area (Å²) < 4.78 is 6.05. The molecule has 18 heavy (non-hydrogen) atoms. The Hall–Kier alpha value is -1.11. The Bertz CT molecular complexity index is 411. The third kappa shape index (κ3) is 4.29. The second kappa shape index (κ2) is 7.35. The smallest absolute Gasteiger partial charge is 0.210 e. The predicted octanol–water partition coefficient (Wildman–Crippen LogP) is 1.94. The fourth-order valence-electron chi connectivity index (χ4n) is 1.52. The van der Waals surface area contributed by atoms with Gasteiger partial charge in [-0.25, -0.2) is 10.8 Å². The van der Waals surface area contributed by atoms with E-state index in [1.54, 1.807) is 7.11 Å². The molecule has 0 amide bonds. The van der Waals surface area contributed by atoms with Gasteiger partial charge in [-0.3, -0.25) is 5.43 Å². The van der Waals surface area contributed by atoms with Crippen molar-refractivity contribution in [3.8, 4) is 0 Å². The highest BCUT2D eigenvalue weighted by atomic mass is 79.9. The number of nitrogens with one attached hydrogen (secondary N) is 2. The molecule has 0 saturated heterocycles. The zero-order chi connectivity index (χ0) is 13.5. The van der Waals surface area contributed by atoms with Crippen molar-refractivity contribution in [3.63, 3.8) is 0 Å². The van der Waals surface area contributed by atoms with Gasteiger partial charge in [0.15, 0.2) is 0 Å². The molecule has 0 aliphatic carbocycles. The zero-order valence-corrected chi connectivity index (χ0v) is 12.5. The third-order valence-electron chi connectivity index (χ3n) is 2.40. The maximum Gasteiger partial charge on any atom is 0.210 e. The highest BCUT2D eigenvalue weighted by Gasteiger charge is 2.04. The summed E-state index contributed by atoms with van der Waals surface area (Å²) in [6.07, 6.45) is 0. The molecule has 0 heterocycles. The number of hydrogen-bond donors (Lipinski definition) is 3. The van der Waals surface area contributed by atoms with Crippen LogP contribution in [0.2, 0.25) is 0 Å². The molecule has 4 N–H and O–H groups in total. The van der Waals surface area contributed by atoms with Crippen LogP contribution in [0.3, 0.4) is 0 Å². The van der Waals surface area contributed by atoms with Gasteiger partial charge < -0.3 is 10.1 Å². The summed E-state index contributed by atoms with van der Waals surface area (Å²) in [7, 11) is 1.64. The van der Waals surface area contributed by atoms with Crippen LogP contribution in [0.25, 0.3) is 0 Å². The predicted molar refractivity (Wildman–Crippen MR) is 78.7 cm³/mol. The Morgan fingerprint density at radius 3 is 2.50 bits per heavy atom. The first-order valence-electron chi connectivity index (χ1n) is 5.62. The van der Waals surface area contributed by atoms with Crippen molar-refractivity contribution in [3.05, 3.63) is 27.7 Å². The summed E-state index contributed by atoms with van der Waals surface area (Å²) in [6, 6.07) is 4.06. The molecule has 1 rings (SSSR count). The first-order chi connectivity index (χ1) is 8.58. The monoisotopic (exact) mass is 314 g/mol. The number of nitrogens with zero attached hydrogens (tertiary/aromatic N) is 1. The molecule has 0 aromatic heterocycles. The van der Waals surface area contributed by atoms with Gasteiger partial charge in [0.2, 0.25) is 5.96 Å². The minimum Gasteiger partial charge on any atom is -0.383 e. The molecule has 0 spiro atoms. The van der Waals surface area contributed by atoms with Crippen molar-refractivity contribution in [1.29, 1.82) is 0 Å². The number of rotatable bonds is 4. The van der Waals surface area contributed by atoms with E-state index >= 15 is 0 Å². The Morgan fingerprint density at radius 2 is 2.00 bits per heavy atom. The van der Waals surface area contributed by atoms with E-state index in [9.17, 15) is 0 Å². The third-order valence-corrected chi connectivity index (χ3v) is 3.65. The van der Waals surface area contributed by atoms with Gasteiger partial charge in [0.1, 0.15) is 0 Å². The summed E-state index contributed by atoms with van der Waals surface area (Å²) in [6.45, 7) is 5.20. The number of halogens is 1. The van der Waals surface area contributed by atoms with E-state index in [1.165, 1.54) is 0 Å². The van der Waals surface area contributed by atoms with Crippen molar-refractivity contribution in [2.45, 2.75) is 13.8 Å². The van der Waals surface area contributed by atoms with Gasteiger partial charge in [-0.15, -0.1) is 0 Å². The fraction of sp³-hybridized carbons (Fsp3) is 0.417. The molecule has 0 aliphatic rings. The molecule has 1 aromatic carbocycles. The highest BCUT2D eigenvalue weighted by Crippen LogP contribution is 2.24. The van der Waals surface area contributed by atoms with E-state index in [4.69, 9.17) is 10.6 Å². The number of aryl methyl sites for hydroxylation is 2. The molecule has 6 heteroatoms. The van der Waals surface area contributed by atoms with Gasteiger partial charge >= 0.3 is 0 Å². The molecule has 0 atom stereocenters. The first kappa shape index (κ1) is 14.9. The molecule has 1 aromatic rings. The second-order valence-electron chi connectivity index (χ2n) is 3.92. The molecular weight excluding hydrogens is 296 g/mol. The normalized spacial score (nSPS) is 11.5. The lowest BCUT2D eigenvalue weighted by molar-refractivity contribution is 0.208. The van der Waals surface area contributed by atoms with Crippen molar-refractivity contribution >= 4 is 27.6 Å². The van der Waals surface area contributed by atoms with E-state index in [-0.39, 0.29) is 0 Å². The van der Waals surface area contributed by atoms with E-state index < -0.39 is 0 Å². The molecule has 0 fully saturated rings. The van der Waals surface area contributed by atoms with Gasteiger partial charge in [0, 0.05) is 17.3 Å².